The number of hydrogen-bond acceptors (Lipinski definition) is 4. The number of nitrogens with zero attached hydrogens (tertiary/aromatic N) is 2. The highest BCUT2D eigenvalue weighted by atomic mass is 79.9. The van der Waals surface area contributed by atoms with Gasteiger partial charge in [-0.1, -0.05) is 22.0 Å². The topological polar surface area (TPSA) is 84.0 Å². The second kappa shape index (κ2) is 4.86. The van der Waals surface area contributed by atoms with Crippen LogP contribution in [0, 0.1) is 21.4 Å². The van der Waals surface area contributed by atoms with Gasteiger partial charge in [-0.15, -0.1) is 0 Å². The van der Waals surface area contributed by atoms with Gasteiger partial charge in [0.05, 0.1) is 9.75 Å². The van der Waals surface area contributed by atoms with Crippen LogP contribution in [0.25, 0.3) is 0 Å². The molecular weight excluding hydrogens is 276 g/mol. The predicted octanol–water partition coefficient (Wildman–Crippen LogP) is 2.43. The third kappa shape index (κ3) is 2.25. The maximum Gasteiger partial charge on any atom is 0.287 e. The van der Waals surface area contributed by atoms with E-state index < -0.39 is 9.75 Å². The molecule has 0 aromatic heterocycles. The van der Waals surface area contributed by atoms with Crippen LogP contribution in [-0.4, -0.2) is 15.5 Å². The van der Waals surface area contributed by atoms with Crippen LogP contribution in [0.5, 0.6) is 0 Å². The van der Waals surface area contributed by atoms with Gasteiger partial charge >= 0.3 is 0 Å². The van der Waals surface area contributed by atoms with Crippen molar-refractivity contribution in [2.75, 3.05) is 0 Å². The molecule has 0 saturated carbocycles. The first-order valence-electron chi connectivity index (χ1n) is 4.34. The molecule has 1 aromatic rings. The Bertz CT molecular complexity index is 491. The molecule has 16 heavy (non-hydrogen) atoms. The molecular formula is C10H7BrN2O3. The molecule has 0 bridgehead atoms. The van der Waals surface area contributed by atoms with Gasteiger partial charge in [0.1, 0.15) is 11.6 Å². The van der Waals surface area contributed by atoms with Crippen molar-refractivity contribution in [3.8, 4) is 6.07 Å². The lowest BCUT2D eigenvalue weighted by Crippen LogP contribution is -2.12. The van der Waals surface area contributed by atoms with Gasteiger partial charge in [-0.05, 0) is 13.0 Å². The molecule has 0 aliphatic rings. The van der Waals surface area contributed by atoms with Gasteiger partial charge < -0.3 is 0 Å². The lowest BCUT2D eigenvalue weighted by molar-refractivity contribution is -0.385. The summed E-state index contributed by atoms with van der Waals surface area (Å²) in [4.78, 5) is 21.2. The summed E-state index contributed by atoms with van der Waals surface area (Å²) < 4.78 is 0. The van der Waals surface area contributed by atoms with E-state index in [4.69, 9.17) is 5.26 Å². The van der Waals surface area contributed by atoms with Crippen molar-refractivity contribution in [2.24, 2.45) is 0 Å². The molecule has 0 saturated heterocycles. The number of carbonyl (C=O) groups excluding carboxylic acids is 1. The van der Waals surface area contributed by atoms with Crippen molar-refractivity contribution in [3.63, 3.8) is 0 Å². The maximum absolute atomic E-state index is 11.7. The molecule has 0 heterocycles. The summed E-state index contributed by atoms with van der Waals surface area (Å²) >= 11 is 3.07. The standard InChI is InChI=1S/C10H7BrN2O3/c1-6(11)10(14)7-3-2-4-9(13(15)16)8(7)5-12/h2-4,6H,1H3. The third-order valence-electron chi connectivity index (χ3n) is 1.98. The zero-order valence-electron chi connectivity index (χ0n) is 8.31. The number of alkyl halides is 1. The Balaban J connectivity index is 3.43. The van der Waals surface area contributed by atoms with Crippen LogP contribution in [0.15, 0.2) is 18.2 Å². The number of ketones is 1. The smallest absolute Gasteiger partial charge is 0.287 e. The van der Waals surface area contributed by atoms with E-state index in [1.165, 1.54) is 18.2 Å². The number of hydrogen-bond donors (Lipinski definition) is 0. The number of nitriles is 1. The maximum atomic E-state index is 11.7. The fourth-order valence-corrected chi connectivity index (χ4v) is 1.48. The third-order valence-corrected chi connectivity index (χ3v) is 2.39. The molecule has 6 heteroatoms. The molecule has 0 fully saturated rings. The molecule has 1 aromatic carbocycles. The Labute approximate surface area is 100.0 Å². The average molecular weight is 283 g/mol. The predicted molar refractivity (Wildman–Crippen MR) is 60.5 cm³/mol. The van der Waals surface area contributed by atoms with E-state index in [1.54, 1.807) is 13.0 Å². The minimum atomic E-state index is -0.672. The molecule has 0 aliphatic carbocycles. The fraction of sp³-hybridized carbons (Fsp3) is 0.200. The van der Waals surface area contributed by atoms with Crippen LogP contribution in [0.4, 0.5) is 5.69 Å². The number of nitro benzene ring substituents is 1. The first kappa shape index (κ1) is 12.3. The van der Waals surface area contributed by atoms with E-state index in [0.717, 1.165) is 0 Å². The Morgan fingerprint density at radius 2 is 2.25 bits per heavy atom. The van der Waals surface area contributed by atoms with Crippen molar-refractivity contribution in [2.45, 2.75) is 11.8 Å². The zero-order valence-corrected chi connectivity index (χ0v) is 9.89. The summed E-state index contributed by atoms with van der Waals surface area (Å²) in [6, 6.07) is 5.70. The molecule has 0 N–H and O–H groups in total. The Morgan fingerprint density at radius 1 is 1.62 bits per heavy atom. The average Bonchev–Trinajstić information content (AvgIpc) is 2.26. The van der Waals surface area contributed by atoms with Gasteiger partial charge in [-0.3, -0.25) is 14.9 Å². The monoisotopic (exact) mass is 282 g/mol. The van der Waals surface area contributed by atoms with Crippen molar-refractivity contribution in [3.05, 3.63) is 39.4 Å². The Hall–Kier alpha value is -1.74. The van der Waals surface area contributed by atoms with Gasteiger partial charge in [0.15, 0.2) is 5.78 Å². The first-order chi connectivity index (χ1) is 7.49. The highest BCUT2D eigenvalue weighted by Gasteiger charge is 2.23. The summed E-state index contributed by atoms with van der Waals surface area (Å²) in [6.07, 6.45) is 0. The zero-order chi connectivity index (χ0) is 12.3. The summed E-state index contributed by atoms with van der Waals surface area (Å²) in [5, 5.41) is 19.5. The summed E-state index contributed by atoms with van der Waals surface area (Å²) in [7, 11) is 0. The van der Waals surface area contributed by atoms with E-state index >= 15 is 0 Å². The molecule has 1 rings (SSSR count). The quantitative estimate of drug-likeness (QED) is 0.369. The first-order valence-corrected chi connectivity index (χ1v) is 5.26. The van der Waals surface area contributed by atoms with Crippen LogP contribution in [0.3, 0.4) is 0 Å². The highest BCUT2D eigenvalue weighted by molar-refractivity contribution is 9.10. The second-order valence-corrected chi connectivity index (χ2v) is 4.42. The van der Waals surface area contributed by atoms with E-state index in [1.807, 2.05) is 0 Å². The minimum absolute atomic E-state index is 0.0704. The van der Waals surface area contributed by atoms with E-state index in [-0.39, 0.29) is 22.6 Å². The van der Waals surface area contributed by atoms with Gasteiger partial charge in [0, 0.05) is 11.6 Å². The number of Topliss-reactive ketones (excluding diaryl/α,β-unsaturated/α-hetero) is 1. The summed E-state index contributed by atoms with van der Waals surface area (Å²) in [6.45, 7) is 1.60. The van der Waals surface area contributed by atoms with E-state index in [0.29, 0.717) is 0 Å². The van der Waals surface area contributed by atoms with Crippen molar-refractivity contribution in [1.82, 2.24) is 0 Å². The van der Waals surface area contributed by atoms with Gasteiger partial charge in [0.25, 0.3) is 5.69 Å². The van der Waals surface area contributed by atoms with Gasteiger partial charge in [-0.2, -0.15) is 5.26 Å². The molecule has 0 radical (unpaired) electrons. The Morgan fingerprint density at radius 3 is 2.69 bits per heavy atom. The van der Waals surface area contributed by atoms with Crippen molar-refractivity contribution >= 4 is 27.4 Å². The van der Waals surface area contributed by atoms with Crippen molar-refractivity contribution < 1.29 is 9.72 Å². The lowest BCUT2D eigenvalue weighted by Gasteiger charge is -2.04. The van der Waals surface area contributed by atoms with Gasteiger partial charge in [0.2, 0.25) is 0 Å². The number of halogens is 1. The molecule has 0 spiro atoms. The lowest BCUT2D eigenvalue weighted by atomic mass is 10.0. The largest absolute Gasteiger partial charge is 0.293 e. The van der Waals surface area contributed by atoms with Crippen LogP contribution in [0.1, 0.15) is 22.8 Å². The van der Waals surface area contributed by atoms with E-state index in [2.05, 4.69) is 15.9 Å². The van der Waals surface area contributed by atoms with Crippen molar-refractivity contribution in [1.29, 1.82) is 5.26 Å². The molecule has 1 unspecified atom stereocenters. The highest BCUT2D eigenvalue weighted by Crippen LogP contribution is 2.23. The number of carbonyl (C=O) groups is 1. The summed E-state index contributed by atoms with van der Waals surface area (Å²) in [5.41, 5.74) is -0.466. The second-order valence-electron chi connectivity index (χ2n) is 3.05. The minimum Gasteiger partial charge on any atom is -0.293 e. The number of nitro groups is 1. The molecule has 0 amide bonds. The molecule has 82 valence electrons. The molecule has 0 aliphatic heterocycles. The Kier molecular flexibility index (Phi) is 3.74. The summed E-state index contributed by atoms with van der Waals surface area (Å²) in [5.74, 6) is -0.347. The van der Waals surface area contributed by atoms with Crippen LogP contribution in [-0.2, 0) is 0 Å². The number of rotatable bonds is 3. The SMILES string of the molecule is CC(Br)C(=O)c1cccc([N+](=O)[O-])c1C#N. The van der Waals surface area contributed by atoms with Crippen LogP contribution in [0.2, 0.25) is 0 Å². The molecule has 1 atom stereocenters. The molecule has 5 nitrogen and oxygen atoms in total. The van der Waals surface area contributed by atoms with Crippen LogP contribution < -0.4 is 0 Å². The van der Waals surface area contributed by atoms with Crippen LogP contribution >= 0.6 is 15.9 Å². The number of benzene rings is 1. The van der Waals surface area contributed by atoms with E-state index in [9.17, 15) is 14.9 Å². The fourth-order valence-electron chi connectivity index (χ4n) is 1.23. The van der Waals surface area contributed by atoms with Gasteiger partial charge in [-0.25, -0.2) is 0 Å². The normalized spacial score (nSPS) is 11.6.